The summed E-state index contributed by atoms with van der Waals surface area (Å²) in [4.78, 5) is 37.3. The second-order valence-corrected chi connectivity index (χ2v) is 12.8. The molecule has 0 radical (unpaired) electrons. The Labute approximate surface area is 275 Å². The van der Waals surface area contributed by atoms with Gasteiger partial charge in [-0.15, -0.1) is 0 Å². The number of alkyl carbamates (subject to hydrolysis) is 1. The number of benzene rings is 1. The third-order valence-electron chi connectivity index (χ3n) is 8.70. The van der Waals surface area contributed by atoms with E-state index in [1.807, 2.05) is 44.2 Å². The Morgan fingerprint density at radius 2 is 1.13 bits per heavy atom. The van der Waals surface area contributed by atoms with Crippen LogP contribution in [0.1, 0.15) is 161 Å². The number of hydrogen-bond acceptors (Lipinski definition) is 4. The van der Waals surface area contributed by atoms with E-state index in [0.29, 0.717) is 25.9 Å². The van der Waals surface area contributed by atoms with Crippen molar-refractivity contribution >= 4 is 17.9 Å². The molecule has 1 aromatic carbocycles. The predicted octanol–water partition coefficient (Wildman–Crippen LogP) is 9.38. The highest BCUT2D eigenvalue weighted by Crippen LogP contribution is 2.14. The molecule has 0 aromatic heterocycles. The van der Waals surface area contributed by atoms with Crippen molar-refractivity contribution in [2.75, 3.05) is 13.1 Å². The average molecular weight is 630 g/mol. The van der Waals surface area contributed by atoms with Crippen LogP contribution in [0.5, 0.6) is 0 Å². The van der Waals surface area contributed by atoms with E-state index in [9.17, 15) is 14.4 Å². The van der Waals surface area contributed by atoms with Crippen molar-refractivity contribution in [2.24, 2.45) is 5.92 Å². The summed E-state index contributed by atoms with van der Waals surface area (Å²) in [6, 6.07) is 9.07. The summed E-state index contributed by atoms with van der Waals surface area (Å²) in [5.41, 5.74) is 0.947. The first-order valence-electron chi connectivity index (χ1n) is 18.5. The van der Waals surface area contributed by atoms with Crippen LogP contribution in [0.25, 0.3) is 0 Å². The minimum Gasteiger partial charge on any atom is -0.445 e. The van der Waals surface area contributed by atoms with Gasteiger partial charge in [0.05, 0.1) is 0 Å². The van der Waals surface area contributed by atoms with Gasteiger partial charge in [0, 0.05) is 19.5 Å². The minimum absolute atomic E-state index is 0.0723. The van der Waals surface area contributed by atoms with Gasteiger partial charge in [-0.05, 0) is 30.7 Å². The van der Waals surface area contributed by atoms with Crippen molar-refractivity contribution in [2.45, 2.75) is 168 Å². The van der Waals surface area contributed by atoms with Crippen LogP contribution in [0.4, 0.5) is 4.79 Å². The van der Waals surface area contributed by atoms with Gasteiger partial charge in [-0.1, -0.05) is 160 Å². The first kappa shape index (κ1) is 40.5. The molecule has 0 heterocycles. The van der Waals surface area contributed by atoms with E-state index >= 15 is 0 Å². The largest absolute Gasteiger partial charge is 0.445 e. The Morgan fingerprint density at radius 1 is 0.644 bits per heavy atom. The molecule has 7 heteroatoms. The molecule has 7 nitrogen and oxygen atoms in total. The summed E-state index contributed by atoms with van der Waals surface area (Å²) in [5.74, 6) is -0.0872. The van der Waals surface area contributed by atoms with Crippen molar-refractivity contribution in [1.82, 2.24) is 16.0 Å². The van der Waals surface area contributed by atoms with Crippen molar-refractivity contribution in [3.05, 3.63) is 35.9 Å². The van der Waals surface area contributed by atoms with Crippen LogP contribution in [-0.4, -0.2) is 37.0 Å². The van der Waals surface area contributed by atoms with Crippen molar-refractivity contribution in [3.8, 4) is 0 Å². The summed E-state index contributed by atoms with van der Waals surface area (Å²) >= 11 is 0. The molecule has 0 saturated carbocycles. The van der Waals surface area contributed by atoms with Crippen molar-refractivity contribution < 1.29 is 19.1 Å². The molecule has 0 bridgehead atoms. The lowest BCUT2D eigenvalue weighted by Crippen LogP contribution is -2.50. The van der Waals surface area contributed by atoms with E-state index in [-0.39, 0.29) is 24.3 Å². The molecule has 0 unspecified atom stereocenters. The zero-order chi connectivity index (χ0) is 32.8. The Bertz CT molecular complexity index is 864. The molecule has 0 saturated heterocycles. The number of carbonyl (C=O) groups excluding carboxylic acids is 3. The van der Waals surface area contributed by atoms with Crippen LogP contribution in [0, 0.1) is 5.92 Å². The molecule has 0 aliphatic rings. The van der Waals surface area contributed by atoms with Gasteiger partial charge >= 0.3 is 6.09 Å². The number of nitrogens with one attached hydrogen (secondary N) is 3. The summed E-state index contributed by atoms with van der Waals surface area (Å²) in [6.07, 6.45) is 24.3. The van der Waals surface area contributed by atoms with Crippen LogP contribution in [0.3, 0.4) is 0 Å². The number of unbranched alkanes of at least 4 members (excludes halogenated alkanes) is 17. The summed E-state index contributed by atoms with van der Waals surface area (Å²) in [6.45, 7) is 7.76. The number of ether oxygens (including phenoxy) is 1. The molecule has 258 valence electrons. The van der Waals surface area contributed by atoms with E-state index < -0.39 is 12.1 Å². The molecule has 3 amide bonds. The van der Waals surface area contributed by atoms with Crippen LogP contribution in [0.2, 0.25) is 0 Å². The van der Waals surface area contributed by atoms with E-state index in [0.717, 1.165) is 37.7 Å². The normalized spacial score (nSPS) is 12.3. The monoisotopic (exact) mass is 630 g/mol. The van der Waals surface area contributed by atoms with Crippen LogP contribution < -0.4 is 16.0 Å². The topological polar surface area (TPSA) is 96.5 Å². The smallest absolute Gasteiger partial charge is 0.407 e. The molecule has 1 aromatic rings. The first-order chi connectivity index (χ1) is 22.0. The first-order valence-corrected chi connectivity index (χ1v) is 18.5. The van der Waals surface area contributed by atoms with E-state index in [1.165, 1.54) is 89.9 Å². The maximum absolute atomic E-state index is 12.9. The lowest BCUT2D eigenvalue weighted by Gasteiger charge is -2.23. The van der Waals surface area contributed by atoms with Gasteiger partial charge in [-0.25, -0.2) is 4.79 Å². The van der Waals surface area contributed by atoms with Gasteiger partial charge in [0.25, 0.3) is 0 Å². The maximum atomic E-state index is 12.9. The highest BCUT2D eigenvalue weighted by atomic mass is 16.5. The third-order valence-corrected chi connectivity index (χ3v) is 8.70. The van der Waals surface area contributed by atoms with E-state index in [4.69, 9.17) is 4.74 Å². The molecule has 1 rings (SSSR count). The number of carbonyl (C=O) groups is 3. The maximum Gasteiger partial charge on any atom is 0.407 e. The van der Waals surface area contributed by atoms with E-state index in [1.54, 1.807) is 0 Å². The molecule has 0 fully saturated rings. The molecular weight excluding hydrogens is 562 g/mol. The Balaban J connectivity index is 2.04. The second-order valence-electron chi connectivity index (χ2n) is 12.8. The van der Waals surface area contributed by atoms with Crippen LogP contribution in [-0.2, 0) is 20.9 Å². The molecule has 0 aliphatic heterocycles. The highest BCUT2D eigenvalue weighted by molar-refractivity contribution is 5.87. The fraction of sp³-hybridized carbons (Fsp3) is 0.763. The lowest BCUT2D eigenvalue weighted by atomic mass is 9.98. The molecule has 45 heavy (non-hydrogen) atoms. The van der Waals surface area contributed by atoms with Gasteiger partial charge in [0.2, 0.25) is 11.8 Å². The molecule has 0 spiro atoms. The van der Waals surface area contributed by atoms with Crippen molar-refractivity contribution in [1.29, 1.82) is 0 Å². The van der Waals surface area contributed by atoms with Gasteiger partial charge < -0.3 is 20.7 Å². The zero-order valence-electron chi connectivity index (χ0n) is 29.1. The average Bonchev–Trinajstić information content (AvgIpc) is 3.05. The van der Waals surface area contributed by atoms with Gasteiger partial charge in [-0.2, -0.15) is 0 Å². The fourth-order valence-electron chi connectivity index (χ4n) is 5.49. The summed E-state index contributed by atoms with van der Waals surface area (Å²) in [5, 5.41) is 8.79. The lowest BCUT2D eigenvalue weighted by molar-refractivity contribution is -0.130. The molecular formula is C38H67N3O4. The molecule has 0 aliphatic carbocycles. The van der Waals surface area contributed by atoms with Crippen molar-refractivity contribution in [3.63, 3.8) is 0 Å². The Kier molecular flexibility index (Phi) is 26.0. The highest BCUT2D eigenvalue weighted by Gasteiger charge is 2.25. The third kappa shape index (κ3) is 23.4. The quantitative estimate of drug-likeness (QED) is 0.0769. The Morgan fingerprint density at radius 3 is 1.67 bits per heavy atom. The second kappa shape index (κ2) is 28.9. The van der Waals surface area contributed by atoms with E-state index in [2.05, 4.69) is 22.9 Å². The summed E-state index contributed by atoms with van der Waals surface area (Å²) < 4.78 is 5.21. The SMILES string of the molecule is CCCCCCCCCCCCCCCCCCNC(=O)[C@@H](NC(=O)CCCCCNC(=O)OCc1ccccc1)[C@@H](C)CC. The fourth-order valence-corrected chi connectivity index (χ4v) is 5.49. The van der Waals surface area contributed by atoms with Gasteiger partial charge in [-0.3, -0.25) is 9.59 Å². The number of hydrogen-bond donors (Lipinski definition) is 3. The van der Waals surface area contributed by atoms with Crippen LogP contribution >= 0.6 is 0 Å². The van der Waals surface area contributed by atoms with Crippen LogP contribution in [0.15, 0.2) is 30.3 Å². The van der Waals surface area contributed by atoms with Gasteiger partial charge in [0.1, 0.15) is 12.6 Å². The molecule has 3 N–H and O–H groups in total. The predicted molar refractivity (Wildman–Crippen MR) is 187 cm³/mol. The van der Waals surface area contributed by atoms with Gasteiger partial charge in [0.15, 0.2) is 0 Å². The standard InChI is InChI=1S/C38H67N3O4/c1-4-6-7-8-9-10-11-12-13-14-15-16-17-18-19-25-30-39-37(43)36(33(3)5-2)41-35(42)29-24-21-26-31-40-38(44)45-32-34-27-22-20-23-28-34/h20,22-23,27-28,33,36H,4-19,21,24-26,29-32H2,1-3H3,(H,39,43)(H,40,44)(H,41,42)/t33-,36-/m0/s1. The zero-order valence-corrected chi connectivity index (χ0v) is 29.1. The number of rotatable bonds is 29. The minimum atomic E-state index is -0.496. The molecule has 2 atom stereocenters. The summed E-state index contributed by atoms with van der Waals surface area (Å²) in [7, 11) is 0. The number of amides is 3. The Hall–Kier alpha value is -2.57.